The van der Waals surface area contributed by atoms with E-state index < -0.39 is 5.97 Å². The molecule has 3 nitrogen and oxygen atoms in total. The Morgan fingerprint density at radius 2 is 2.05 bits per heavy atom. The number of para-hydroxylation sites is 1. The molecule has 4 heteroatoms. The van der Waals surface area contributed by atoms with Gasteiger partial charge in [-0.3, -0.25) is 4.79 Å². The van der Waals surface area contributed by atoms with Crippen LogP contribution in [-0.4, -0.2) is 17.6 Å². The van der Waals surface area contributed by atoms with E-state index in [4.69, 9.17) is 5.11 Å². The lowest BCUT2D eigenvalue weighted by Crippen LogP contribution is -2.30. The van der Waals surface area contributed by atoms with Gasteiger partial charge in [0.2, 0.25) is 0 Å². The van der Waals surface area contributed by atoms with E-state index in [-0.39, 0.29) is 12.5 Å². The summed E-state index contributed by atoms with van der Waals surface area (Å²) in [5.74, 6) is -0.755. The summed E-state index contributed by atoms with van der Waals surface area (Å²) in [5, 5.41) is 11.1. The maximum atomic E-state index is 11.0. The number of aryl methyl sites for hydroxylation is 1. The summed E-state index contributed by atoms with van der Waals surface area (Å²) in [6, 6.07) is 12.6. The van der Waals surface area contributed by atoms with Gasteiger partial charge in [-0.15, -0.1) is 11.3 Å². The van der Waals surface area contributed by atoms with Gasteiger partial charge in [-0.1, -0.05) is 31.2 Å². The van der Waals surface area contributed by atoms with Gasteiger partial charge >= 0.3 is 5.97 Å². The van der Waals surface area contributed by atoms with Crippen LogP contribution in [0.25, 0.3) is 0 Å². The third kappa shape index (κ3) is 3.85. The number of anilines is 1. The average Bonchev–Trinajstić information content (AvgIpc) is 2.98. The quantitative estimate of drug-likeness (QED) is 0.819. The number of thiophene rings is 1. The summed E-state index contributed by atoms with van der Waals surface area (Å²) in [7, 11) is 0. The standard InChI is InChI=1S/C17H21NO2S/c1-3-14(16-9-6-12-21-16)18(11-10-17(19)20)15-8-5-4-7-13(15)2/h4-9,12,14H,3,10-11H2,1-2H3,(H,19,20). The van der Waals surface area contributed by atoms with Crippen LogP contribution in [0.5, 0.6) is 0 Å². The number of rotatable bonds is 7. The van der Waals surface area contributed by atoms with Gasteiger partial charge in [0.25, 0.3) is 0 Å². The molecule has 1 N–H and O–H groups in total. The van der Waals surface area contributed by atoms with Crippen molar-refractivity contribution in [2.24, 2.45) is 0 Å². The number of carboxylic acids is 1. The zero-order valence-corrected chi connectivity index (χ0v) is 13.3. The Balaban J connectivity index is 2.35. The maximum absolute atomic E-state index is 11.0. The molecular formula is C17H21NO2S. The molecule has 0 saturated carbocycles. The lowest BCUT2D eigenvalue weighted by atomic mass is 10.1. The second kappa shape index (κ2) is 7.27. The van der Waals surface area contributed by atoms with Crippen LogP contribution in [0.4, 0.5) is 5.69 Å². The number of aliphatic carboxylic acids is 1. The molecule has 1 unspecified atom stereocenters. The first-order valence-corrected chi connectivity index (χ1v) is 8.09. The maximum Gasteiger partial charge on any atom is 0.305 e. The molecule has 1 heterocycles. The molecule has 0 amide bonds. The zero-order valence-electron chi connectivity index (χ0n) is 12.5. The Morgan fingerprint density at radius 3 is 2.62 bits per heavy atom. The predicted octanol–water partition coefficient (Wildman–Crippen LogP) is 4.49. The number of hydrogen-bond acceptors (Lipinski definition) is 3. The molecular weight excluding hydrogens is 282 g/mol. The van der Waals surface area contributed by atoms with E-state index in [0.717, 1.165) is 12.1 Å². The molecule has 0 radical (unpaired) electrons. The highest BCUT2D eigenvalue weighted by atomic mass is 32.1. The fourth-order valence-electron chi connectivity index (χ4n) is 2.60. The third-order valence-electron chi connectivity index (χ3n) is 3.63. The molecule has 0 spiro atoms. The highest BCUT2D eigenvalue weighted by Crippen LogP contribution is 2.34. The third-order valence-corrected chi connectivity index (χ3v) is 4.60. The Labute approximate surface area is 129 Å². The highest BCUT2D eigenvalue weighted by molar-refractivity contribution is 7.10. The van der Waals surface area contributed by atoms with E-state index in [0.29, 0.717) is 6.54 Å². The van der Waals surface area contributed by atoms with Gasteiger partial charge in [-0.2, -0.15) is 0 Å². The second-order valence-electron chi connectivity index (χ2n) is 5.06. The average molecular weight is 303 g/mol. The Kier molecular flexibility index (Phi) is 5.39. The molecule has 0 bridgehead atoms. The molecule has 1 aromatic carbocycles. The van der Waals surface area contributed by atoms with E-state index in [1.54, 1.807) is 11.3 Å². The van der Waals surface area contributed by atoms with E-state index in [2.05, 4.69) is 48.4 Å². The van der Waals surface area contributed by atoms with Crippen molar-refractivity contribution in [2.45, 2.75) is 32.7 Å². The van der Waals surface area contributed by atoms with Crippen molar-refractivity contribution < 1.29 is 9.90 Å². The van der Waals surface area contributed by atoms with E-state index in [9.17, 15) is 4.79 Å². The smallest absolute Gasteiger partial charge is 0.305 e. The predicted molar refractivity (Wildman–Crippen MR) is 88.1 cm³/mol. The van der Waals surface area contributed by atoms with E-state index >= 15 is 0 Å². The van der Waals surface area contributed by atoms with Crippen LogP contribution in [0, 0.1) is 6.92 Å². The first kappa shape index (κ1) is 15.6. The normalized spacial score (nSPS) is 12.1. The summed E-state index contributed by atoms with van der Waals surface area (Å²) in [4.78, 5) is 14.5. The van der Waals surface area contributed by atoms with Crippen molar-refractivity contribution in [3.63, 3.8) is 0 Å². The van der Waals surface area contributed by atoms with Crippen LogP contribution >= 0.6 is 11.3 Å². The molecule has 0 aliphatic rings. The molecule has 0 aliphatic heterocycles. The van der Waals surface area contributed by atoms with Crippen molar-refractivity contribution in [3.8, 4) is 0 Å². The molecule has 1 atom stereocenters. The van der Waals surface area contributed by atoms with E-state index in [1.165, 1.54) is 10.4 Å². The fourth-order valence-corrected chi connectivity index (χ4v) is 3.52. The van der Waals surface area contributed by atoms with Gasteiger partial charge in [-0.25, -0.2) is 0 Å². The molecule has 2 aromatic rings. The van der Waals surface area contributed by atoms with Crippen LogP contribution in [0.2, 0.25) is 0 Å². The van der Waals surface area contributed by atoms with E-state index in [1.807, 2.05) is 12.1 Å². The summed E-state index contributed by atoms with van der Waals surface area (Å²) in [5.41, 5.74) is 2.30. The molecule has 112 valence electrons. The number of carbonyl (C=O) groups is 1. The van der Waals surface area contributed by atoms with Gasteiger partial charge in [0, 0.05) is 17.1 Å². The van der Waals surface area contributed by atoms with Gasteiger partial charge in [0.15, 0.2) is 0 Å². The highest BCUT2D eigenvalue weighted by Gasteiger charge is 2.21. The van der Waals surface area contributed by atoms with Crippen molar-refractivity contribution in [1.82, 2.24) is 0 Å². The summed E-state index contributed by atoms with van der Waals surface area (Å²) < 4.78 is 0. The van der Waals surface area contributed by atoms with Crippen LogP contribution < -0.4 is 4.90 Å². The van der Waals surface area contributed by atoms with Crippen LogP contribution in [0.1, 0.15) is 36.2 Å². The number of carboxylic acid groups (broad SMARTS) is 1. The van der Waals surface area contributed by atoms with Gasteiger partial charge < -0.3 is 10.0 Å². The summed E-state index contributed by atoms with van der Waals surface area (Å²) in [6.45, 7) is 4.75. The van der Waals surface area contributed by atoms with Gasteiger partial charge in [0.05, 0.1) is 12.5 Å². The van der Waals surface area contributed by atoms with Crippen LogP contribution in [0.15, 0.2) is 41.8 Å². The molecule has 21 heavy (non-hydrogen) atoms. The molecule has 0 aliphatic carbocycles. The minimum atomic E-state index is -0.755. The van der Waals surface area contributed by atoms with Gasteiger partial charge in [-0.05, 0) is 36.4 Å². The Bertz CT molecular complexity index is 580. The molecule has 2 rings (SSSR count). The minimum Gasteiger partial charge on any atom is -0.481 e. The Hall–Kier alpha value is -1.81. The fraction of sp³-hybridized carbons (Fsp3) is 0.353. The topological polar surface area (TPSA) is 40.5 Å². The van der Waals surface area contributed by atoms with Crippen molar-refractivity contribution in [1.29, 1.82) is 0 Å². The second-order valence-corrected chi connectivity index (χ2v) is 6.04. The van der Waals surface area contributed by atoms with Crippen molar-refractivity contribution >= 4 is 23.0 Å². The lowest BCUT2D eigenvalue weighted by Gasteiger charge is -2.33. The number of nitrogens with zero attached hydrogens (tertiary/aromatic N) is 1. The largest absolute Gasteiger partial charge is 0.481 e. The Morgan fingerprint density at radius 1 is 1.29 bits per heavy atom. The lowest BCUT2D eigenvalue weighted by molar-refractivity contribution is -0.136. The molecule has 1 aromatic heterocycles. The monoisotopic (exact) mass is 303 g/mol. The number of hydrogen-bond donors (Lipinski definition) is 1. The molecule has 0 saturated heterocycles. The van der Waals surface area contributed by atoms with Crippen LogP contribution in [0.3, 0.4) is 0 Å². The zero-order chi connectivity index (χ0) is 15.2. The number of benzene rings is 1. The summed E-state index contributed by atoms with van der Waals surface area (Å²) >= 11 is 1.73. The van der Waals surface area contributed by atoms with Crippen molar-refractivity contribution in [3.05, 3.63) is 52.2 Å². The summed E-state index contributed by atoms with van der Waals surface area (Å²) in [6.07, 6.45) is 1.10. The SMILES string of the molecule is CCC(c1cccs1)N(CCC(=O)O)c1ccccc1C. The van der Waals surface area contributed by atoms with Crippen molar-refractivity contribution in [2.75, 3.05) is 11.4 Å². The first-order chi connectivity index (χ1) is 10.1. The minimum absolute atomic E-state index is 0.149. The molecule has 0 fully saturated rings. The van der Waals surface area contributed by atoms with Gasteiger partial charge in [0.1, 0.15) is 0 Å². The van der Waals surface area contributed by atoms with Crippen LogP contribution in [-0.2, 0) is 4.79 Å². The first-order valence-electron chi connectivity index (χ1n) is 7.21.